The van der Waals surface area contributed by atoms with Crippen molar-refractivity contribution in [2.24, 2.45) is 0 Å². The molecule has 0 aliphatic carbocycles. The Bertz CT molecular complexity index is 353. The van der Waals surface area contributed by atoms with Crippen LogP contribution in [-0.4, -0.2) is 6.61 Å². The summed E-state index contributed by atoms with van der Waals surface area (Å²) < 4.78 is 29.1. The Hall–Kier alpha value is -0.180. The van der Waals surface area contributed by atoms with Crippen LogP contribution < -0.4 is 0 Å². The monoisotopic (exact) mass is 294 g/mol. The molecule has 0 bridgehead atoms. The van der Waals surface area contributed by atoms with E-state index in [2.05, 4.69) is 20.5 Å². The van der Waals surface area contributed by atoms with E-state index >= 15 is 0 Å². The van der Waals surface area contributed by atoms with Crippen molar-refractivity contribution in [2.75, 3.05) is 6.61 Å². The molecule has 1 rings (SSSR count). The zero-order chi connectivity index (χ0) is 11.3. The summed E-state index contributed by atoms with van der Waals surface area (Å²) in [6, 6.07) is 7.27. The van der Waals surface area contributed by atoms with Crippen LogP contribution in [0.25, 0.3) is 0 Å². The number of halogens is 2. The average molecular weight is 295 g/mol. The fraction of sp³-hybridized carbons (Fsp3) is 0.400. The SMILES string of the molecule is CCOP(=O)(F)Cc1ccc(CBr)cc1. The molecule has 1 aromatic rings. The number of hydrogen-bond acceptors (Lipinski definition) is 2. The van der Waals surface area contributed by atoms with Crippen LogP contribution in [-0.2, 0) is 20.6 Å². The van der Waals surface area contributed by atoms with Crippen LogP contribution in [0.5, 0.6) is 0 Å². The lowest BCUT2D eigenvalue weighted by molar-refractivity contribution is 0.303. The third-order valence-corrected chi connectivity index (χ3v) is 3.90. The first-order valence-corrected chi connectivity index (χ1v) is 7.46. The molecule has 1 aromatic carbocycles. The van der Waals surface area contributed by atoms with Gasteiger partial charge in [0.1, 0.15) is 0 Å². The standard InChI is InChI=1S/C10H13BrFO2P/c1-2-14-15(12,13)8-10-5-3-9(7-11)4-6-10/h3-6H,2,7-8H2,1H3. The average Bonchev–Trinajstić information content (AvgIpc) is 2.18. The first-order valence-electron chi connectivity index (χ1n) is 4.64. The summed E-state index contributed by atoms with van der Waals surface area (Å²) in [5, 5.41) is 0.756. The Labute approximate surface area is 97.5 Å². The highest BCUT2D eigenvalue weighted by molar-refractivity contribution is 9.08. The van der Waals surface area contributed by atoms with Crippen molar-refractivity contribution in [1.29, 1.82) is 0 Å². The van der Waals surface area contributed by atoms with Gasteiger partial charge < -0.3 is 4.52 Å². The van der Waals surface area contributed by atoms with Crippen molar-refractivity contribution in [3.63, 3.8) is 0 Å². The molecule has 1 unspecified atom stereocenters. The number of alkyl halides is 1. The molecule has 2 nitrogen and oxygen atoms in total. The van der Waals surface area contributed by atoms with E-state index < -0.39 is 7.68 Å². The lowest BCUT2D eigenvalue weighted by atomic mass is 10.2. The van der Waals surface area contributed by atoms with E-state index in [1.807, 2.05) is 12.1 Å². The van der Waals surface area contributed by atoms with Crippen molar-refractivity contribution < 1.29 is 13.3 Å². The second-order valence-electron chi connectivity index (χ2n) is 3.12. The zero-order valence-corrected chi connectivity index (χ0v) is 10.9. The largest absolute Gasteiger partial charge is 0.371 e. The zero-order valence-electron chi connectivity index (χ0n) is 8.45. The Kier molecular flexibility index (Phi) is 4.97. The molecule has 0 saturated heterocycles. The van der Waals surface area contributed by atoms with Gasteiger partial charge in [0, 0.05) is 5.33 Å². The third-order valence-electron chi connectivity index (χ3n) is 1.87. The maximum Gasteiger partial charge on any atom is 0.371 e. The van der Waals surface area contributed by atoms with Crippen molar-refractivity contribution in [3.05, 3.63) is 35.4 Å². The summed E-state index contributed by atoms with van der Waals surface area (Å²) in [5.41, 5.74) is 1.79. The van der Waals surface area contributed by atoms with E-state index in [0.717, 1.165) is 10.9 Å². The summed E-state index contributed by atoms with van der Waals surface area (Å²) in [7, 11) is -3.95. The smallest absolute Gasteiger partial charge is 0.306 e. The van der Waals surface area contributed by atoms with E-state index in [1.54, 1.807) is 19.1 Å². The molecule has 0 aliphatic heterocycles. The van der Waals surface area contributed by atoms with Crippen LogP contribution in [0.2, 0.25) is 0 Å². The van der Waals surface area contributed by atoms with E-state index in [1.165, 1.54) is 0 Å². The molecule has 0 radical (unpaired) electrons. The van der Waals surface area contributed by atoms with Crippen LogP contribution in [0.4, 0.5) is 4.20 Å². The summed E-state index contributed by atoms with van der Waals surface area (Å²) in [5.74, 6) is 0. The van der Waals surface area contributed by atoms with Gasteiger partial charge in [0.05, 0.1) is 12.8 Å². The molecule has 15 heavy (non-hydrogen) atoms. The summed E-state index contributed by atoms with van der Waals surface area (Å²) >= 11 is 3.31. The van der Waals surface area contributed by atoms with Gasteiger partial charge in [-0.2, -0.15) is 4.20 Å². The van der Waals surface area contributed by atoms with Crippen LogP contribution in [0.15, 0.2) is 24.3 Å². The highest BCUT2D eigenvalue weighted by Gasteiger charge is 2.21. The summed E-state index contributed by atoms with van der Waals surface area (Å²) in [6.45, 7) is 1.76. The van der Waals surface area contributed by atoms with Crippen LogP contribution >= 0.6 is 23.6 Å². The van der Waals surface area contributed by atoms with Gasteiger partial charge in [0.25, 0.3) is 0 Å². The third kappa shape index (κ3) is 4.45. The van der Waals surface area contributed by atoms with E-state index in [0.29, 0.717) is 5.56 Å². The Morgan fingerprint density at radius 1 is 1.33 bits per heavy atom. The van der Waals surface area contributed by atoms with Crippen molar-refractivity contribution in [1.82, 2.24) is 0 Å². The van der Waals surface area contributed by atoms with Crippen LogP contribution in [0, 0.1) is 0 Å². The molecule has 1 atom stereocenters. The fourth-order valence-electron chi connectivity index (χ4n) is 1.19. The molecular weight excluding hydrogens is 282 g/mol. The molecule has 84 valence electrons. The second-order valence-corrected chi connectivity index (χ2v) is 5.43. The molecule has 5 heteroatoms. The number of benzene rings is 1. The molecule has 0 spiro atoms. The van der Waals surface area contributed by atoms with E-state index in [4.69, 9.17) is 0 Å². The lowest BCUT2D eigenvalue weighted by Gasteiger charge is -2.08. The van der Waals surface area contributed by atoms with Gasteiger partial charge in [0.2, 0.25) is 0 Å². The second kappa shape index (κ2) is 5.78. The van der Waals surface area contributed by atoms with Gasteiger partial charge in [-0.3, -0.25) is 4.57 Å². The first-order chi connectivity index (χ1) is 7.07. The Morgan fingerprint density at radius 2 is 1.87 bits per heavy atom. The van der Waals surface area contributed by atoms with Gasteiger partial charge in [-0.15, -0.1) is 0 Å². The van der Waals surface area contributed by atoms with Gasteiger partial charge in [-0.05, 0) is 18.1 Å². The molecular formula is C10H13BrFO2P. The highest BCUT2D eigenvalue weighted by atomic mass is 79.9. The van der Waals surface area contributed by atoms with Crippen molar-refractivity contribution in [2.45, 2.75) is 18.4 Å². The van der Waals surface area contributed by atoms with Gasteiger partial charge >= 0.3 is 7.68 Å². The minimum Gasteiger partial charge on any atom is -0.306 e. The van der Waals surface area contributed by atoms with E-state index in [9.17, 15) is 8.76 Å². The summed E-state index contributed by atoms with van der Waals surface area (Å²) in [6.07, 6.45) is -0.149. The van der Waals surface area contributed by atoms with Gasteiger partial charge in [-0.25, -0.2) is 0 Å². The van der Waals surface area contributed by atoms with E-state index in [-0.39, 0.29) is 12.8 Å². The van der Waals surface area contributed by atoms with Crippen LogP contribution in [0.1, 0.15) is 18.1 Å². The quantitative estimate of drug-likeness (QED) is 0.598. The summed E-state index contributed by atoms with van der Waals surface area (Å²) in [4.78, 5) is 0. The van der Waals surface area contributed by atoms with Crippen LogP contribution in [0.3, 0.4) is 0 Å². The molecule has 0 saturated carbocycles. The highest BCUT2D eigenvalue weighted by Crippen LogP contribution is 2.51. The van der Waals surface area contributed by atoms with Gasteiger partial charge in [0.15, 0.2) is 0 Å². The lowest BCUT2D eigenvalue weighted by Crippen LogP contribution is -1.90. The Morgan fingerprint density at radius 3 is 2.33 bits per heavy atom. The number of rotatable bonds is 5. The maximum absolute atomic E-state index is 13.3. The molecule has 0 aliphatic rings. The first kappa shape index (κ1) is 12.9. The predicted molar refractivity (Wildman–Crippen MR) is 63.1 cm³/mol. The minimum atomic E-state index is -3.95. The predicted octanol–water partition coefficient (Wildman–Crippen LogP) is 4.28. The number of hydrogen-bond donors (Lipinski definition) is 0. The molecule has 0 aromatic heterocycles. The van der Waals surface area contributed by atoms with Crippen molar-refractivity contribution in [3.8, 4) is 0 Å². The molecule has 0 fully saturated rings. The molecule has 0 N–H and O–H groups in total. The van der Waals surface area contributed by atoms with Gasteiger partial charge in [-0.1, -0.05) is 40.2 Å². The van der Waals surface area contributed by atoms with Crippen molar-refractivity contribution >= 4 is 23.6 Å². The normalized spacial score (nSPS) is 14.9. The Balaban J connectivity index is 2.68. The maximum atomic E-state index is 13.3. The fourth-order valence-corrected chi connectivity index (χ4v) is 2.69. The topological polar surface area (TPSA) is 26.3 Å². The molecule has 0 heterocycles. The molecule has 0 amide bonds. The minimum absolute atomic E-state index is 0.132.